The van der Waals surface area contributed by atoms with Crippen LogP contribution < -0.4 is 5.73 Å². The fourth-order valence-corrected chi connectivity index (χ4v) is 3.09. The smallest absolute Gasteiger partial charge is 0.254 e. The number of carbonyl (C=O) groups excluding carboxylic acids is 1. The van der Waals surface area contributed by atoms with Gasteiger partial charge >= 0.3 is 0 Å². The van der Waals surface area contributed by atoms with Crippen molar-refractivity contribution in [2.45, 2.75) is 31.8 Å². The number of amides is 1. The van der Waals surface area contributed by atoms with E-state index in [1.54, 1.807) is 18.3 Å². The molecule has 0 bridgehead atoms. The number of hydrogen-bond donors (Lipinski definition) is 1. The summed E-state index contributed by atoms with van der Waals surface area (Å²) in [5, 5.41) is 0. The molecule has 2 N–H and O–H groups in total. The van der Waals surface area contributed by atoms with E-state index in [9.17, 15) is 4.79 Å². The standard InChI is InChI=1S/C18H21N3O/c19-13-16-12-15(8-9-20-16)18(22)21-10-4-7-17(21)11-14-5-2-1-3-6-14/h1-3,5-6,8-9,12,17H,4,7,10-11,13,19H2. The maximum absolute atomic E-state index is 12.8. The van der Waals surface area contributed by atoms with Crippen LogP contribution in [0.2, 0.25) is 0 Å². The third-order valence-corrected chi connectivity index (χ3v) is 4.22. The minimum absolute atomic E-state index is 0.0931. The van der Waals surface area contributed by atoms with E-state index in [1.807, 2.05) is 23.1 Å². The number of nitrogens with zero attached hydrogens (tertiary/aromatic N) is 2. The summed E-state index contributed by atoms with van der Waals surface area (Å²) in [6.07, 6.45) is 4.71. The van der Waals surface area contributed by atoms with Gasteiger partial charge in [-0.1, -0.05) is 30.3 Å². The second kappa shape index (κ2) is 6.71. The predicted molar refractivity (Wildman–Crippen MR) is 86.3 cm³/mol. The number of carbonyl (C=O) groups is 1. The maximum Gasteiger partial charge on any atom is 0.254 e. The second-order valence-corrected chi connectivity index (χ2v) is 5.72. The number of nitrogens with two attached hydrogens (primary N) is 1. The molecule has 1 aromatic heterocycles. The molecule has 0 saturated carbocycles. The summed E-state index contributed by atoms with van der Waals surface area (Å²) in [6.45, 7) is 1.19. The van der Waals surface area contributed by atoms with E-state index in [0.717, 1.165) is 31.5 Å². The van der Waals surface area contributed by atoms with Gasteiger partial charge in [-0.2, -0.15) is 0 Å². The van der Waals surface area contributed by atoms with Crippen LogP contribution in [-0.2, 0) is 13.0 Å². The van der Waals surface area contributed by atoms with Gasteiger partial charge in [0, 0.05) is 30.9 Å². The molecular weight excluding hydrogens is 274 g/mol. The Morgan fingerprint density at radius 2 is 2.09 bits per heavy atom. The molecule has 2 aromatic rings. The SMILES string of the molecule is NCc1cc(C(=O)N2CCCC2Cc2ccccc2)ccn1. The lowest BCUT2D eigenvalue weighted by molar-refractivity contribution is 0.0736. The maximum atomic E-state index is 12.8. The molecule has 4 nitrogen and oxygen atoms in total. The van der Waals surface area contributed by atoms with Gasteiger partial charge in [0.2, 0.25) is 0 Å². The van der Waals surface area contributed by atoms with Gasteiger partial charge in [0.15, 0.2) is 0 Å². The molecule has 114 valence electrons. The topological polar surface area (TPSA) is 59.2 Å². The highest BCUT2D eigenvalue weighted by molar-refractivity contribution is 5.94. The zero-order chi connectivity index (χ0) is 15.4. The molecule has 1 aliphatic heterocycles. The molecule has 0 aliphatic carbocycles. The van der Waals surface area contributed by atoms with E-state index >= 15 is 0 Å². The minimum Gasteiger partial charge on any atom is -0.335 e. The average molecular weight is 295 g/mol. The van der Waals surface area contributed by atoms with E-state index in [-0.39, 0.29) is 11.9 Å². The summed E-state index contributed by atoms with van der Waals surface area (Å²) in [4.78, 5) is 18.9. The normalized spacial score (nSPS) is 17.7. The number of rotatable bonds is 4. The van der Waals surface area contributed by atoms with Crippen molar-refractivity contribution in [2.24, 2.45) is 5.73 Å². The molecular formula is C18H21N3O. The molecule has 1 aromatic carbocycles. The van der Waals surface area contributed by atoms with Crippen molar-refractivity contribution in [1.82, 2.24) is 9.88 Å². The molecule has 4 heteroatoms. The van der Waals surface area contributed by atoms with Crippen molar-refractivity contribution in [3.8, 4) is 0 Å². The van der Waals surface area contributed by atoms with E-state index in [1.165, 1.54) is 5.56 Å². The van der Waals surface area contributed by atoms with Gasteiger partial charge in [-0.25, -0.2) is 0 Å². The fraction of sp³-hybridized carbons (Fsp3) is 0.333. The number of pyridine rings is 1. The highest BCUT2D eigenvalue weighted by Gasteiger charge is 2.29. The first-order chi connectivity index (χ1) is 10.8. The quantitative estimate of drug-likeness (QED) is 0.942. The van der Waals surface area contributed by atoms with Crippen LogP contribution in [0.3, 0.4) is 0 Å². The third kappa shape index (κ3) is 3.17. The number of benzene rings is 1. The number of aromatic nitrogens is 1. The fourth-order valence-electron chi connectivity index (χ4n) is 3.09. The lowest BCUT2D eigenvalue weighted by atomic mass is 10.0. The molecule has 1 unspecified atom stereocenters. The Balaban J connectivity index is 1.76. The monoisotopic (exact) mass is 295 g/mol. The van der Waals surface area contributed by atoms with Gasteiger partial charge in [0.25, 0.3) is 5.91 Å². The highest BCUT2D eigenvalue weighted by atomic mass is 16.2. The van der Waals surface area contributed by atoms with Crippen LogP contribution in [0.15, 0.2) is 48.7 Å². The lowest BCUT2D eigenvalue weighted by Gasteiger charge is -2.25. The van der Waals surface area contributed by atoms with Crippen molar-refractivity contribution in [3.05, 3.63) is 65.5 Å². The molecule has 22 heavy (non-hydrogen) atoms. The van der Waals surface area contributed by atoms with E-state index in [2.05, 4.69) is 17.1 Å². The Hall–Kier alpha value is -2.20. The van der Waals surface area contributed by atoms with Crippen molar-refractivity contribution in [3.63, 3.8) is 0 Å². The summed E-state index contributed by atoms with van der Waals surface area (Å²) < 4.78 is 0. The van der Waals surface area contributed by atoms with Crippen LogP contribution >= 0.6 is 0 Å². The summed E-state index contributed by atoms with van der Waals surface area (Å²) in [6, 6.07) is 14.2. The number of likely N-dealkylation sites (tertiary alicyclic amines) is 1. The Bertz CT molecular complexity index is 642. The minimum atomic E-state index is 0.0931. The van der Waals surface area contributed by atoms with Crippen molar-refractivity contribution >= 4 is 5.91 Å². The molecule has 1 fully saturated rings. The molecule has 1 aliphatic rings. The highest BCUT2D eigenvalue weighted by Crippen LogP contribution is 2.23. The van der Waals surface area contributed by atoms with Crippen LogP contribution in [0.4, 0.5) is 0 Å². The predicted octanol–water partition coefficient (Wildman–Crippen LogP) is 2.39. The Morgan fingerprint density at radius 3 is 2.86 bits per heavy atom. The van der Waals surface area contributed by atoms with Gasteiger partial charge in [-0.05, 0) is 37.0 Å². The molecule has 1 amide bonds. The Labute approximate surface area is 131 Å². The zero-order valence-electron chi connectivity index (χ0n) is 12.6. The average Bonchev–Trinajstić information content (AvgIpc) is 3.03. The van der Waals surface area contributed by atoms with Crippen molar-refractivity contribution < 1.29 is 4.79 Å². The third-order valence-electron chi connectivity index (χ3n) is 4.22. The van der Waals surface area contributed by atoms with Crippen LogP contribution in [0.5, 0.6) is 0 Å². The molecule has 0 spiro atoms. The van der Waals surface area contributed by atoms with Gasteiger partial charge in [-0.15, -0.1) is 0 Å². The zero-order valence-corrected chi connectivity index (χ0v) is 12.6. The van der Waals surface area contributed by atoms with Gasteiger partial charge in [-0.3, -0.25) is 9.78 Å². The van der Waals surface area contributed by atoms with E-state index in [0.29, 0.717) is 12.1 Å². The first kappa shape index (κ1) is 14.7. The van der Waals surface area contributed by atoms with Gasteiger partial charge in [0.1, 0.15) is 0 Å². The first-order valence-corrected chi connectivity index (χ1v) is 7.78. The van der Waals surface area contributed by atoms with Crippen molar-refractivity contribution in [2.75, 3.05) is 6.54 Å². The summed E-state index contributed by atoms with van der Waals surface area (Å²) in [5.41, 5.74) is 8.34. The van der Waals surface area contributed by atoms with E-state index in [4.69, 9.17) is 5.73 Å². The molecule has 3 rings (SSSR count). The molecule has 1 atom stereocenters. The van der Waals surface area contributed by atoms with E-state index < -0.39 is 0 Å². The van der Waals surface area contributed by atoms with Gasteiger partial charge < -0.3 is 10.6 Å². The Kier molecular flexibility index (Phi) is 4.49. The van der Waals surface area contributed by atoms with Crippen LogP contribution in [0.25, 0.3) is 0 Å². The summed E-state index contributed by atoms with van der Waals surface area (Å²) in [5.74, 6) is 0.0931. The van der Waals surface area contributed by atoms with Crippen LogP contribution in [0, 0.1) is 0 Å². The lowest BCUT2D eigenvalue weighted by Crippen LogP contribution is -2.36. The Morgan fingerprint density at radius 1 is 1.27 bits per heavy atom. The molecule has 2 heterocycles. The summed E-state index contributed by atoms with van der Waals surface area (Å²) >= 11 is 0. The second-order valence-electron chi connectivity index (χ2n) is 5.72. The number of hydrogen-bond acceptors (Lipinski definition) is 3. The first-order valence-electron chi connectivity index (χ1n) is 7.78. The van der Waals surface area contributed by atoms with Crippen LogP contribution in [-0.4, -0.2) is 28.4 Å². The van der Waals surface area contributed by atoms with Crippen molar-refractivity contribution in [1.29, 1.82) is 0 Å². The van der Waals surface area contributed by atoms with Gasteiger partial charge in [0.05, 0.1) is 5.69 Å². The summed E-state index contributed by atoms with van der Waals surface area (Å²) in [7, 11) is 0. The largest absolute Gasteiger partial charge is 0.335 e. The molecule has 0 radical (unpaired) electrons. The molecule has 1 saturated heterocycles. The van der Waals surface area contributed by atoms with Crippen LogP contribution in [0.1, 0.15) is 34.5 Å².